The lowest BCUT2D eigenvalue weighted by atomic mass is 9.94. The van der Waals surface area contributed by atoms with E-state index in [2.05, 4.69) is 5.32 Å². The number of aliphatic hydroxyl groups is 1. The highest BCUT2D eigenvalue weighted by atomic mass is 16.5. The molecule has 0 radical (unpaired) electrons. The number of aliphatic carboxylic acids is 1. The van der Waals surface area contributed by atoms with E-state index in [1.54, 1.807) is 24.3 Å². The quantitative estimate of drug-likeness (QED) is 0.647. The average molecular weight is 293 g/mol. The molecule has 1 aliphatic rings. The molecule has 2 rings (SSSR count). The zero-order valence-electron chi connectivity index (χ0n) is 12.3. The van der Waals surface area contributed by atoms with Crippen LogP contribution in [0, 0.1) is 5.92 Å². The van der Waals surface area contributed by atoms with Gasteiger partial charge in [0.25, 0.3) is 0 Å². The normalized spacial score (nSPS) is 17.2. The topological polar surface area (TPSA) is 78.8 Å². The van der Waals surface area contributed by atoms with Crippen molar-refractivity contribution < 1.29 is 19.7 Å². The molecule has 0 heterocycles. The maximum Gasteiger partial charge on any atom is 0.327 e. The Morgan fingerprint density at radius 3 is 2.52 bits per heavy atom. The van der Waals surface area contributed by atoms with E-state index in [4.69, 9.17) is 9.84 Å². The molecule has 0 bridgehead atoms. The van der Waals surface area contributed by atoms with E-state index in [-0.39, 0.29) is 19.1 Å². The molecule has 1 unspecified atom stereocenters. The van der Waals surface area contributed by atoms with Gasteiger partial charge in [0.15, 0.2) is 5.54 Å². The Balaban J connectivity index is 2.05. The Hall–Kier alpha value is -1.59. The Bertz CT molecular complexity index is 470. The summed E-state index contributed by atoms with van der Waals surface area (Å²) in [6.07, 6.45) is 2.73. The van der Waals surface area contributed by atoms with Crippen LogP contribution in [0.5, 0.6) is 5.75 Å². The molecule has 0 spiro atoms. The van der Waals surface area contributed by atoms with Crippen molar-refractivity contribution in [3.63, 3.8) is 0 Å². The number of aliphatic hydroxyl groups excluding tert-OH is 1. The van der Waals surface area contributed by atoms with Crippen molar-refractivity contribution in [2.75, 3.05) is 13.2 Å². The second kappa shape index (κ2) is 6.91. The second-order valence-electron chi connectivity index (χ2n) is 5.57. The smallest absolute Gasteiger partial charge is 0.327 e. The van der Waals surface area contributed by atoms with Gasteiger partial charge >= 0.3 is 5.97 Å². The first-order chi connectivity index (χ1) is 10.1. The molecule has 0 aliphatic heterocycles. The fourth-order valence-electron chi connectivity index (χ4n) is 2.44. The van der Waals surface area contributed by atoms with Gasteiger partial charge in [-0.05, 0) is 49.4 Å². The van der Waals surface area contributed by atoms with Crippen molar-refractivity contribution in [1.82, 2.24) is 5.32 Å². The molecule has 116 valence electrons. The third kappa shape index (κ3) is 3.74. The number of carboxylic acid groups (broad SMARTS) is 1. The third-order valence-corrected chi connectivity index (χ3v) is 3.92. The number of rotatable bonds is 9. The lowest BCUT2D eigenvalue weighted by Gasteiger charge is -2.30. The van der Waals surface area contributed by atoms with Crippen LogP contribution in [-0.2, 0) is 11.4 Å². The van der Waals surface area contributed by atoms with Crippen LogP contribution in [-0.4, -0.2) is 34.9 Å². The highest BCUT2D eigenvalue weighted by Gasteiger charge is 2.51. The summed E-state index contributed by atoms with van der Waals surface area (Å²) in [6, 6.07) is 7.05. The van der Waals surface area contributed by atoms with Gasteiger partial charge in [0.2, 0.25) is 0 Å². The minimum absolute atomic E-state index is 0.0144. The number of carboxylic acids is 1. The fourth-order valence-corrected chi connectivity index (χ4v) is 2.44. The molecule has 5 nitrogen and oxygen atoms in total. The van der Waals surface area contributed by atoms with E-state index >= 15 is 0 Å². The maximum atomic E-state index is 11.8. The predicted octanol–water partition coefficient (Wildman–Crippen LogP) is 1.79. The van der Waals surface area contributed by atoms with Gasteiger partial charge in [-0.3, -0.25) is 10.1 Å². The summed E-state index contributed by atoms with van der Waals surface area (Å²) in [5, 5.41) is 21.8. The van der Waals surface area contributed by atoms with Gasteiger partial charge in [-0.2, -0.15) is 0 Å². The highest BCUT2D eigenvalue weighted by molar-refractivity contribution is 5.80. The molecule has 3 N–H and O–H groups in total. The Morgan fingerprint density at radius 1 is 1.38 bits per heavy atom. The molecule has 1 saturated carbocycles. The molecule has 0 aromatic heterocycles. The summed E-state index contributed by atoms with van der Waals surface area (Å²) in [5.74, 6) is -0.0829. The summed E-state index contributed by atoms with van der Waals surface area (Å²) in [6.45, 7) is 2.78. The van der Waals surface area contributed by atoms with Crippen molar-refractivity contribution in [1.29, 1.82) is 0 Å². The molecule has 5 heteroatoms. The number of hydrogen-bond acceptors (Lipinski definition) is 4. The largest absolute Gasteiger partial charge is 0.491 e. The summed E-state index contributed by atoms with van der Waals surface area (Å²) in [4.78, 5) is 11.8. The lowest BCUT2D eigenvalue weighted by Crippen LogP contribution is -2.58. The van der Waals surface area contributed by atoms with Crippen molar-refractivity contribution in [2.24, 2.45) is 5.92 Å². The van der Waals surface area contributed by atoms with E-state index < -0.39 is 11.5 Å². The van der Waals surface area contributed by atoms with Gasteiger partial charge in [0, 0.05) is 0 Å². The van der Waals surface area contributed by atoms with E-state index in [0.29, 0.717) is 12.3 Å². The van der Waals surface area contributed by atoms with Crippen LogP contribution in [0.3, 0.4) is 0 Å². The van der Waals surface area contributed by atoms with Crippen LogP contribution >= 0.6 is 0 Å². The van der Waals surface area contributed by atoms with E-state index in [1.165, 1.54) is 0 Å². The van der Waals surface area contributed by atoms with Crippen LogP contribution in [0.2, 0.25) is 0 Å². The number of ether oxygens (including phenoxy) is 1. The van der Waals surface area contributed by atoms with Crippen LogP contribution in [0.4, 0.5) is 0 Å². The SMILES string of the molecule is CCCNC(COc1ccc(CO)cc1)(C(=O)O)C1CC1. The fraction of sp³-hybridized carbons (Fsp3) is 0.562. The van der Waals surface area contributed by atoms with Crippen molar-refractivity contribution in [2.45, 2.75) is 38.3 Å². The monoisotopic (exact) mass is 293 g/mol. The average Bonchev–Trinajstić information content (AvgIpc) is 3.33. The van der Waals surface area contributed by atoms with E-state index in [0.717, 1.165) is 24.8 Å². The first-order valence-electron chi connectivity index (χ1n) is 7.43. The zero-order valence-corrected chi connectivity index (χ0v) is 12.3. The molecule has 1 atom stereocenters. The van der Waals surface area contributed by atoms with Gasteiger partial charge in [0.05, 0.1) is 6.61 Å². The first kappa shape index (κ1) is 15.8. The molecule has 21 heavy (non-hydrogen) atoms. The van der Waals surface area contributed by atoms with Gasteiger partial charge in [-0.15, -0.1) is 0 Å². The lowest BCUT2D eigenvalue weighted by molar-refractivity contribution is -0.147. The minimum atomic E-state index is -0.994. The first-order valence-corrected chi connectivity index (χ1v) is 7.43. The zero-order chi connectivity index (χ0) is 15.3. The standard InChI is InChI=1S/C16H23NO4/c1-2-9-17-16(15(19)20,13-5-6-13)11-21-14-7-3-12(10-18)4-8-14/h3-4,7-8,13,17-18H,2,5-6,9-11H2,1H3,(H,19,20). The Labute approximate surface area is 124 Å². The number of nitrogens with one attached hydrogen (secondary N) is 1. The van der Waals surface area contributed by atoms with Crippen LogP contribution in [0.25, 0.3) is 0 Å². The Kier molecular flexibility index (Phi) is 5.20. The van der Waals surface area contributed by atoms with Crippen molar-refractivity contribution in [3.8, 4) is 5.75 Å². The van der Waals surface area contributed by atoms with Gasteiger partial charge in [0.1, 0.15) is 12.4 Å². The van der Waals surface area contributed by atoms with Gasteiger partial charge < -0.3 is 14.9 Å². The molecule has 1 aromatic carbocycles. The molecule has 0 saturated heterocycles. The van der Waals surface area contributed by atoms with Crippen LogP contribution in [0.1, 0.15) is 31.7 Å². The molecule has 0 amide bonds. The summed E-state index contributed by atoms with van der Waals surface area (Å²) < 4.78 is 5.71. The summed E-state index contributed by atoms with van der Waals surface area (Å²) in [5.41, 5.74) is -0.191. The number of benzene rings is 1. The van der Waals surface area contributed by atoms with E-state index in [1.807, 2.05) is 6.92 Å². The highest BCUT2D eigenvalue weighted by Crippen LogP contribution is 2.40. The number of carbonyl (C=O) groups is 1. The van der Waals surface area contributed by atoms with Gasteiger partial charge in [-0.1, -0.05) is 19.1 Å². The maximum absolute atomic E-state index is 11.8. The van der Waals surface area contributed by atoms with Gasteiger partial charge in [-0.25, -0.2) is 0 Å². The van der Waals surface area contributed by atoms with Crippen molar-refractivity contribution in [3.05, 3.63) is 29.8 Å². The molecule has 1 fully saturated rings. The van der Waals surface area contributed by atoms with E-state index in [9.17, 15) is 9.90 Å². The van der Waals surface area contributed by atoms with Crippen LogP contribution < -0.4 is 10.1 Å². The van der Waals surface area contributed by atoms with Crippen LogP contribution in [0.15, 0.2) is 24.3 Å². The minimum Gasteiger partial charge on any atom is -0.491 e. The summed E-state index contributed by atoms with van der Waals surface area (Å²) >= 11 is 0. The third-order valence-electron chi connectivity index (χ3n) is 3.92. The van der Waals surface area contributed by atoms with Crippen molar-refractivity contribution >= 4 is 5.97 Å². The number of hydrogen-bond donors (Lipinski definition) is 3. The molecular weight excluding hydrogens is 270 g/mol. The second-order valence-corrected chi connectivity index (χ2v) is 5.57. The predicted molar refractivity (Wildman–Crippen MR) is 79.2 cm³/mol. The molecule has 1 aromatic rings. The Morgan fingerprint density at radius 2 is 2.05 bits per heavy atom. The summed E-state index contributed by atoms with van der Waals surface area (Å²) in [7, 11) is 0. The molecular formula is C16H23NO4. The molecule has 1 aliphatic carbocycles.